The molecule has 2 aromatic rings. The standard InChI is InChI=1S/C22H25NO4/c1-15(20(24)25)16-6-5-7-18(14-16)23-21(26)22(12-3-4-13-22)17-8-10-19(27-2)11-9-17/h5-11,14-15H,3-4,12-13H2,1-2H3,(H,23,26)(H,24,25). The van der Waals surface area contributed by atoms with Crippen molar-refractivity contribution in [1.82, 2.24) is 0 Å². The van der Waals surface area contributed by atoms with E-state index < -0.39 is 17.3 Å². The van der Waals surface area contributed by atoms with Gasteiger partial charge in [-0.05, 0) is 55.2 Å². The van der Waals surface area contributed by atoms with E-state index in [2.05, 4.69) is 5.32 Å². The zero-order valence-corrected chi connectivity index (χ0v) is 15.7. The molecule has 0 aliphatic heterocycles. The maximum absolute atomic E-state index is 13.2. The molecule has 0 radical (unpaired) electrons. The first-order valence-corrected chi connectivity index (χ1v) is 9.25. The predicted molar refractivity (Wildman–Crippen MR) is 104 cm³/mol. The van der Waals surface area contributed by atoms with Crippen LogP contribution in [0.5, 0.6) is 5.75 Å². The van der Waals surface area contributed by atoms with Gasteiger partial charge < -0.3 is 15.2 Å². The molecule has 0 heterocycles. The zero-order valence-electron chi connectivity index (χ0n) is 15.7. The second kappa shape index (κ2) is 7.82. The van der Waals surface area contributed by atoms with Crippen LogP contribution in [0.1, 0.15) is 49.7 Å². The Kier molecular flexibility index (Phi) is 5.49. The molecule has 1 atom stereocenters. The van der Waals surface area contributed by atoms with Gasteiger partial charge in [-0.1, -0.05) is 37.1 Å². The van der Waals surface area contributed by atoms with Crippen LogP contribution in [-0.2, 0) is 15.0 Å². The summed E-state index contributed by atoms with van der Waals surface area (Å²) >= 11 is 0. The number of anilines is 1. The summed E-state index contributed by atoms with van der Waals surface area (Å²) < 4.78 is 5.23. The molecule has 1 aliphatic rings. The molecule has 0 saturated heterocycles. The molecule has 0 aromatic heterocycles. The van der Waals surface area contributed by atoms with Crippen LogP contribution in [0.25, 0.3) is 0 Å². The van der Waals surface area contributed by atoms with E-state index in [0.29, 0.717) is 11.3 Å². The highest BCUT2D eigenvalue weighted by Gasteiger charge is 2.42. The van der Waals surface area contributed by atoms with Crippen LogP contribution >= 0.6 is 0 Å². The van der Waals surface area contributed by atoms with Crippen molar-refractivity contribution >= 4 is 17.6 Å². The van der Waals surface area contributed by atoms with E-state index >= 15 is 0 Å². The van der Waals surface area contributed by atoms with Crippen LogP contribution in [-0.4, -0.2) is 24.1 Å². The minimum atomic E-state index is -0.885. The van der Waals surface area contributed by atoms with Crippen LogP contribution < -0.4 is 10.1 Å². The number of carboxylic acids is 1. The Balaban J connectivity index is 1.86. The lowest BCUT2D eigenvalue weighted by Gasteiger charge is -2.28. The third-order valence-electron chi connectivity index (χ3n) is 5.55. The Labute approximate surface area is 159 Å². The van der Waals surface area contributed by atoms with E-state index in [1.807, 2.05) is 24.3 Å². The number of aliphatic carboxylic acids is 1. The molecule has 0 bridgehead atoms. The fraction of sp³-hybridized carbons (Fsp3) is 0.364. The largest absolute Gasteiger partial charge is 0.497 e. The summed E-state index contributed by atoms with van der Waals surface area (Å²) in [7, 11) is 1.62. The van der Waals surface area contributed by atoms with E-state index in [-0.39, 0.29) is 5.91 Å². The number of methoxy groups -OCH3 is 1. The number of hydrogen-bond acceptors (Lipinski definition) is 3. The second-order valence-corrected chi connectivity index (χ2v) is 7.16. The van der Waals surface area contributed by atoms with Crippen molar-refractivity contribution in [2.24, 2.45) is 0 Å². The lowest BCUT2D eigenvalue weighted by molar-refractivity contribution is -0.138. The number of rotatable bonds is 6. The highest BCUT2D eigenvalue weighted by molar-refractivity contribution is 5.99. The molecular formula is C22H25NO4. The number of benzene rings is 2. The lowest BCUT2D eigenvalue weighted by Crippen LogP contribution is -2.38. The molecule has 1 fully saturated rings. The first-order valence-electron chi connectivity index (χ1n) is 9.25. The first kappa shape index (κ1) is 19.0. The molecule has 1 saturated carbocycles. The summed E-state index contributed by atoms with van der Waals surface area (Å²) in [6, 6.07) is 14.8. The van der Waals surface area contributed by atoms with Gasteiger partial charge in [-0.3, -0.25) is 9.59 Å². The molecule has 2 N–H and O–H groups in total. The molecule has 2 aromatic carbocycles. The number of carbonyl (C=O) groups excluding carboxylic acids is 1. The molecule has 27 heavy (non-hydrogen) atoms. The predicted octanol–water partition coefficient (Wildman–Crippen LogP) is 4.33. The SMILES string of the molecule is COc1ccc(C2(C(=O)Nc3cccc(C(C)C(=O)O)c3)CCCC2)cc1. The molecule has 0 spiro atoms. The van der Waals surface area contributed by atoms with Crippen molar-refractivity contribution in [2.45, 2.75) is 43.9 Å². The fourth-order valence-electron chi connectivity index (χ4n) is 3.81. The maximum Gasteiger partial charge on any atom is 0.310 e. The van der Waals surface area contributed by atoms with Gasteiger partial charge in [0.15, 0.2) is 0 Å². The van der Waals surface area contributed by atoms with Gasteiger partial charge in [-0.25, -0.2) is 0 Å². The van der Waals surface area contributed by atoms with Crippen molar-refractivity contribution in [3.63, 3.8) is 0 Å². The van der Waals surface area contributed by atoms with Gasteiger partial charge in [0.25, 0.3) is 0 Å². The molecule has 1 aliphatic carbocycles. The lowest BCUT2D eigenvalue weighted by atomic mass is 9.78. The smallest absolute Gasteiger partial charge is 0.310 e. The Morgan fingerprint density at radius 3 is 2.37 bits per heavy atom. The van der Waals surface area contributed by atoms with Crippen molar-refractivity contribution < 1.29 is 19.4 Å². The highest BCUT2D eigenvalue weighted by Crippen LogP contribution is 2.42. The second-order valence-electron chi connectivity index (χ2n) is 7.16. The number of nitrogens with one attached hydrogen (secondary N) is 1. The third kappa shape index (κ3) is 3.82. The average Bonchev–Trinajstić information content (AvgIpc) is 3.19. The van der Waals surface area contributed by atoms with Crippen LogP contribution in [0.4, 0.5) is 5.69 Å². The minimum Gasteiger partial charge on any atom is -0.497 e. The topological polar surface area (TPSA) is 75.6 Å². The van der Waals surface area contributed by atoms with E-state index in [4.69, 9.17) is 4.74 Å². The number of carbonyl (C=O) groups is 2. The maximum atomic E-state index is 13.2. The van der Waals surface area contributed by atoms with E-state index in [0.717, 1.165) is 37.0 Å². The zero-order chi connectivity index (χ0) is 19.4. The number of carboxylic acid groups (broad SMARTS) is 1. The average molecular weight is 367 g/mol. The fourth-order valence-corrected chi connectivity index (χ4v) is 3.81. The van der Waals surface area contributed by atoms with Crippen LogP contribution in [0.2, 0.25) is 0 Å². The van der Waals surface area contributed by atoms with Gasteiger partial charge in [0.1, 0.15) is 5.75 Å². The van der Waals surface area contributed by atoms with Crippen molar-refractivity contribution in [1.29, 1.82) is 0 Å². The third-order valence-corrected chi connectivity index (χ3v) is 5.55. The van der Waals surface area contributed by atoms with Gasteiger partial charge in [-0.2, -0.15) is 0 Å². The van der Waals surface area contributed by atoms with E-state index in [1.54, 1.807) is 38.3 Å². The summed E-state index contributed by atoms with van der Waals surface area (Å²) in [5, 5.41) is 12.2. The van der Waals surface area contributed by atoms with Crippen molar-refractivity contribution in [2.75, 3.05) is 12.4 Å². The quantitative estimate of drug-likeness (QED) is 0.797. The molecule has 5 heteroatoms. The van der Waals surface area contributed by atoms with Gasteiger partial charge >= 0.3 is 5.97 Å². The number of amides is 1. The van der Waals surface area contributed by atoms with Gasteiger partial charge in [0.2, 0.25) is 5.91 Å². The normalized spacial score (nSPS) is 16.5. The van der Waals surface area contributed by atoms with E-state index in [9.17, 15) is 14.7 Å². The van der Waals surface area contributed by atoms with Gasteiger partial charge in [0, 0.05) is 5.69 Å². The summed E-state index contributed by atoms with van der Waals surface area (Å²) in [4.78, 5) is 24.5. The summed E-state index contributed by atoms with van der Waals surface area (Å²) in [6.07, 6.45) is 3.62. The van der Waals surface area contributed by atoms with Crippen LogP contribution in [0.15, 0.2) is 48.5 Å². The Morgan fingerprint density at radius 1 is 1.11 bits per heavy atom. The Hall–Kier alpha value is -2.82. The van der Waals surface area contributed by atoms with Crippen molar-refractivity contribution in [3.8, 4) is 5.75 Å². The van der Waals surface area contributed by atoms with Crippen molar-refractivity contribution in [3.05, 3.63) is 59.7 Å². The minimum absolute atomic E-state index is 0.0368. The van der Waals surface area contributed by atoms with Gasteiger partial charge in [0.05, 0.1) is 18.4 Å². The molecule has 3 rings (SSSR count). The Morgan fingerprint density at radius 2 is 1.78 bits per heavy atom. The Bertz CT molecular complexity index is 822. The molecule has 1 amide bonds. The summed E-state index contributed by atoms with van der Waals surface area (Å²) in [5.74, 6) is -0.777. The first-order chi connectivity index (χ1) is 13.0. The molecule has 142 valence electrons. The molecular weight excluding hydrogens is 342 g/mol. The van der Waals surface area contributed by atoms with E-state index in [1.165, 1.54) is 0 Å². The highest BCUT2D eigenvalue weighted by atomic mass is 16.5. The van der Waals surface area contributed by atoms with Gasteiger partial charge in [-0.15, -0.1) is 0 Å². The van der Waals surface area contributed by atoms with Crippen LogP contribution in [0, 0.1) is 0 Å². The van der Waals surface area contributed by atoms with Crippen LogP contribution in [0.3, 0.4) is 0 Å². The number of ether oxygens (including phenoxy) is 1. The summed E-state index contributed by atoms with van der Waals surface area (Å²) in [5.41, 5.74) is 1.74. The number of hydrogen-bond donors (Lipinski definition) is 2. The molecule has 1 unspecified atom stereocenters. The monoisotopic (exact) mass is 367 g/mol. The molecule has 5 nitrogen and oxygen atoms in total. The summed E-state index contributed by atoms with van der Waals surface area (Å²) in [6.45, 7) is 1.64.